The molecule has 234 valence electrons. The Morgan fingerprint density at radius 2 is 0.714 bits per heavy atom. The van der Waals surface area contributed by atoms with Gasteiger partial charge in [-0.05, 0) is 95.9 Å². The summed E-state index contributed by atoms with van der Waals surface area (Å²) < 4.78 is 0.825. The quantitative estimate of drug-likeness (QED) is 0.192. The molecule has 2 unspecified atom stereocenters. The minimum Gasteiger partial charge on any atom is -0.376 e. The van der Waals surface area contributed by atoms with Crippen LogP contribution in [-0.4, -0.2) is 10.2 Å². The SMILES string of the molecule is OC1(c2ccc(-c3ccc4ccccc4c3)cc2)c2ccccc2C(O)(c2ccc(-c3ccc4ccccc4c3)cc2)c2cc(Br)ccc21. The monoisotopic (exact) mass is 694 g/mol. The molecule has 0 bridgehead atoms. The van der Waals surface area contributed by atoms with Crippen LogP contribution in [0.5, 0.6) is 0 Å². The van der Waals surface area contributed by atoms with Gasteiger partial charge in [-0.2, -0.15) is 0 Å². The number of rotatable bonds is 4. The number of hydrogen-bond donors (Lipinski definition) is 2. The first-order valence-electron chi connectivity index (χ1n) is 16.5. The molecule has 2 N–H and O–H groups in total. The molecule has 0 saturated carbocycles. The van der Waals surface area contributed by atoms with Crippen molar-refractivity contribution in [3.8, 4) is 22.3 Å². The molecular weight excluding hydrogens is 664 g/mol. The first kappa shape index (κ1) is 29.8. The smallest absolute Gasteiger partial charge is 0.141 e. The molecule has 8 aromatic carbocycles. The Hall–Kier alpha value is -5.32. The third-order valence-corrected chi connectivity index (χ3v) is 10.7. The average Bonchev–Trinajstić information content (AvgIpc) is 3.16. The Kier molecular flexibility index (Phi) is 6.93. The van der Waals surface area contributed by atoms with E-state index >= 15 is 0 Å². The zero-order valence-electron chi connectivity index (χ0n) is 26.5. The lowest BCUT2D eigenvalue weighted by Crippen LogP contribution is -2.44. The van der Waals surface area contributed by atoms with Gasteiger partial charge in [0.2, 0.25) is 0 Å². The van der Waals surface area contributed by atoms with Crippen LogP contribution >= 0.6 is 15.9 Å². The molecule has 0 radical (unpaired) electrons. The molecule has 0 aliphatic heterocycles. The highest BCUT2D eigenvalue weighted by atomic mass is 79.9. The second-order valence-corrected chi connectivity index (χ2v) is 13.9. The summed E-state index contributed by atoms with van der Waals surface area (Å²) in [7, 11) is 0. The van der Waals surface area contributed by atoms with Crippen molar-refractivity contribution >= 4 is 37.5 Å². The predicted molar refractivity (Wildman–Crippen MR) is 204 cm³/mol. The Morgan fingerprint density at radius 3 is 1.20 bits per heavy atom. The highest BCUT2D eigenvalue weighted by Crippen LogP contribution is 2.53. The fraction of sp³-hybridized carbons (Fsp3) is 0.0435. The Labute approximate surface area is 293 Å². The molecular formula is C46H31BrO2. The van der Waals surface area contributed by atoms with E-state index in [0.29, 0.717) is 22.3 Å². The molecule has 0 aromatic heterocycles. The van der Waals surface area contributed by atoms with Crippen molar-refractivity contribution in [1.29, 1.82) is 0 Å². The lowest BCUT2D eigenvalue weighted by Gasteiger charge is -2.45. The van der Waals surface area contributed by atoms with Gasteiger partial charge in [0.25, 0.3) is 0 Å². The van der Waals surface area contributed by atoms with Gasteiger partial charge in [0, 0.05) is 10.0 Å². The highest BCUT2D eigenvalue weighted by Gasteiger charge is 2.51. The van der Waals surface area contributed by atoms with Crippen molar-refractivity contribution in [3.63, 3.8) is 0 Å². The predicted octanol–water partition coefficient (Wildman–Crippen LogP) is 11.0. The molecule has 3 heteroatoms. The van der Waals surface area contributed by atoms with Crippen molar-refractivity contribution in [2.24, 2.45) is 0 Å². The maximum atomic E-state index is 13.0. The van der Waals surface area contributed by atoms with E-state index in [2.05, 4.69) is 125 Å². The fourth-order valence-corrected chi connectivity index (χ4v) is 8.06. The molecule has 2 atom stereocenters. The molecule has 0 spiro atoms. The van der Waals surface area contributed by atoms with Crippen molar-refractivity contribution in [2.75, 3.05) is 0 Å². The second-order valence-electron chi connectivity index (χ2n) is 12.9. The Bertz CT molecular complexity index is 2540. The van der Waals surface area contributed by atoms with Crippen molar-refractivity contribution in [3.05, 3.63) is 214 Å². The van der Waals surface area contributed by atoms with E-state index in [0.717, 1.165) is 37.9 Å². The summed E-state index contributed by atoms with van der Waals surface area (Å²) in [5.41, 5.74) is 5.44. The van der Waals surface area contributed by atoms with Gasteiger partial charge in [0.1, 0.15) is 11.2 Å². The van der Waals surface area contributed by atoms with E-state index in [1.807, 2.05) is 66.7 Å². The number of hydrogen-bond acceptors (Lipinski definition) is 2. The van der Waals surface area contributed by atoms with E-state index in [4.69, 9.17) is 0 Å². The van der Waals surface area contributed by atoms with E-state index in [1.54, 1.807) is 0 Å². The van der Waals surface area contributed by atoms with Crippen LogP contribution in [0.3, 0.4) is 0 Å². The highest BCUT2D eigenvalue weighted by molar-refractivity contribution is 9.10. The first-order valence-corrected chi connectivity index (χ1v) is 17.3. The summed E-state index contributed by atoms with van der Waals surface area (Å²) >= 11 is 3.67. The minimum atomic E-state index is -1.51. The largest absolute Gasteiger partial charge is 0.376 e. The molecule has 2 nitrogen and oxygen atoms in total. The third-order valence-electron chi connectivity index (χ3n) is 10.2. The summed E-state index contributed by atoms with van der Waals surface area (Å²) in [5.74, 6) is 0. The van der Waals surface area contributed by atoms with Gasteiger partial charge >= 0.3 is 0 Å². The van der Waals surface area contributed by atoms with Gasteiger partial charge < -0.3 is 10.2 Å². The standard InChI is InChI=1S/C46H31BrO2/c47-40-25-26-43-44(29-40)46(49,39-23-19-33(20-24-39)37-16-14-31-8-2-4-10-35(31)28-37)42-12-6-5-11-41(42)45(43,48)38-21-17-32(18-22-38)36-15-13-30-7-1-3-9-34(30)27-36/h1-29,48-49H. The molecule has 0 saturated heterocycles. The molecule has 49 heavy (non-hydrogen) atoms. The van der Waals surface area contributed by atoms with Crippen LogP contribution in [0.15, 0.2) is 180 Å². The van der Waals surface area contributed by atoms with E-state index in [-0.39, 0.29) is 0 Å². The molecule has 1 aliphatic carbocycles. The zero-order valence-corrected chi connectivity index (χ0v) is 28.1. The fourth-order valence-electron chi connectivity index (χ4n) is 7.70. The summed E-state index contributed by atoms with van der Waals surface area (Å²) in [6.45, 7) is 0. The first-order chi connectivity index (χ1) is 23.9. The lowest BCUT2D eigenvalue weighted by atomic mass is 9.63. The average molecular weight is 696 g/mol. The lowest BCUT2D eigenvalue weighted by molar-refractivity contribution is 0.0747. The molecule has 0 fully saturated rings. The minimum absolute atomic E-state index is 0.639. The van der Waals surface area contributed by atoms with Gasteiger partial charge in [-0.15, -0.1) is 0 Å². The normalized spacial score (nSPS) is 18.3. The van der Waals surface area contributed by atoms with E-state index in [1.165, 1.54) is 21.5 Å². The van der Waals surface area contributed by atoms with Crippen LogP contribution in [0.1, 0.15) is 33.4 Å². The maximum absolute atomic E-state index is 13.0. The van der Waals surface area contributed by atoms with Crippen LogP contribution in [0.2, 0.25) is 0 Å². The van der Waals surface area contributed by atoms with Gasteiger partial charge in [0.15, 0.2) is 0 Å². The van der Waals surface area contributed by atoms with Crippen LogP contribution in [-0.2, 0) is 11.2 Å². The Morgan fingerprint density at radius 1 is 0.327 bits per heavy atom. The van der Waals surface area contributed by atoms with Gasteiger partial charge in [-0.1, -0.05) is 168 Å². The summed E-state index contributed by atoms with van der Waals surface area (Å²) in [6, 6.07) is 59.6. The maximum Gasteiger partial charge on any atom is 0.141 e. The van der Waals surface area contributed by atoms with E-state index in [9.17, 15) is 10.2 Å². The molecule has 1 aliphatic rings. The Balaban J connectivity index is 1.16. The second kappa shape index (κ2) is 11.4. The van der Waals surface area contributed by atoms with Crippen molar-refractivity contribution in [1.82, 2.24) is 0 Å². The van der Waals surface area contributed by atoms with Crippen molar-refractivity contribution < 1.29 is 10.2 Å². The van der Waals surface area contributed by atoms with Crippen LogP contribution in [0.4, 0.5) is 0 Å². The topological polar surface area (TPSA) is 40.5 Å². The molecule has 8 aromatic rings. The third kappa shape index (κ3) is 4.69. The van der Waals surface area contributed by atoms with Crippen LogP contribution in [0, 0.1) is 0 Å². The van der Waals surface area contributed by atoms with Gasteiger partial charge in [0.05, 0.1) is 0 Å². The number of fused-ring (bicyclic) bond motifs is 4. The summed E-state index contributed by atoms with van der Waals surface area (Å²) in [4.78, 5) is 0. The van der Waals surface area contributed by atoms with Crippen LogP contribution in [0.25, 0.3) is 43.8 Å². The number of halogens is 1. The van der Waals surface area contributed by atoms with Gasteiger partial charge in [-0.25, -0.2) is 0 Å². The van der Waals surface area contributed by atoms with E-state index < -0.39 is 11.2 Å². The molecule has 9 rings (SSSR count). The number of benzene rings is 8. The van der Waals surface area contributed by atoms with Gasteiger partial charge in [-0.3, -0.25) is 0 Å². The number of aliphatic hydroxyl groups is 2. The van der Waals surface area contributed by atoms with Crippen LogP contribution < -0.4 is 0 Å². The molecule has 0 heterocycles. The van der Waals surface area contributed by atoms with Crippen molar-refractivity contribution in [2.45, 2.75) is 11.2 Å². The summed E-state index contributed by atoms with van der Waals surface area (Å²) in [6.07, 6.45) is 0. The molecule has 0 amide bonds. The zero-order chi connectivity index (χ0) is 33.2. The summed E-state index contributed by atoms with van der Waals surface area (Å²) in [5, 5.41) is 30.8.